The summed E-state index contributed by atoms with van der Waals surface area (Å²) in [4.78, 5) is 24.9. The fraction of sp³-hybridized carbons (Fsp3) is 0.227. The highest BCUT2D eigenvalue weighted by Crippen LogP contribution is 2.25. The number of nitro benzene ring substituents is 1. The SMILES string of the molecule is O=C(Nc1ccc([N+](=O)[O-])cc1)C1CCN(c2ccc(-c3ccc(Cl)cc3)nn2)CC1. The number of carbonyl (C=O) groups is 1. The van der Waals surface area contributed by atoms with E-state index < -0.39 is 4.92 Å². The molecule has 0 bridgehead atoms. The average molecular weight is 438 g/mol. The molecule has 0 spiro atoms. The minimum atomic E-state index is -0.466. The average Bonchev–Trinajstić information content (AvgIpc) is 2.80. The Kier molecular flexibility index (Phi) is 6.08. The molecular formula is C22H20ClN5O3. The Morgan fingerprint density at radius 1 is 1.00 bits per heavy atom. The lowest BCUT2D eigenvalue weighted by atomic mass is 9.95. The zero-order chi connectivity index (χ0) is 21.8. The van der Waals surface area contributed by atoms with Crippen molar-refractivity contribution in [3.8, 4) is 11.3 Å². The second-order valence-electron chi connectivity index (χ2n) is 7.34. The van der Waals surface area contributed by atoms with Gasteiger partial charge in [-0.1, -0.05) is 23.7 Å². The Morgan fingerprint density at radius 3 is 2.26 bits per heavy atom. The van der Waals surface area contributed by atoms with E-state index in [0.717, 1.165) is 17.1 Å². The minimum absolute atomic E-state index is 0.00509. The predicted octanol–water partition coefficient (Wildman–Crippen LogP) is 4.56. The Morgan fingerprint density at radius 2 is 1.68 bits per heavy atom. The van der Waals surface area contributed by atoms with E-state index in [4.69, 9.17) is 11.6 Å². The van der Waals surface area contributed by atoms with Crippen molar-refractivity contribution < 1.29 is 9.72 Å². The molecule has 0 radical (unpaired) electrons. The van der Waals surface area contributed by atoms with Gasteiger partial charge in [0.25, 0.3) is 5.69 Å². The molecule has 0 aliphatic carbocycles. The van der Waals surface area contributed by atoms with E-state index in [1.165, 1.54) is 12.1 Å². The summed E-state index contributed by atoms with van der Waals surface area (Å²) in [6.07, 6.45) is 1.39. The number of rotatable bonds is 5. The number of hydrogen-bond donors (Lipinski definition) is 1. The largest absolute Gasteiger partial charge is 0.355 e. The van der Waals surface area contributed by atoms with Crippen LogP contribution in [0, 0.1) is 16.0 Å². The van der Waals surface area contributed by atoms with Crippen molar-refractivity contribution in [1.29, 1.82) is 0 Å². The van der Waals surface area contributed by atoms with E-state index in [2.05, 4.69) is 20.4 Å². The number of amides is 1. The van der Waals surface area contributed by atoms with E-state index in [9.17, 15) is 14.9 Å². The first-order valence-electron chi connectivity index (χ1n) is 9.89. The molecule has 1 aliphatic heterocycles. The lowest BCUT2D eigenvalue weighted by Crippen LogP contribution is -2.38. The summed E-state index contributed by atoms with van der Waals surface area (Å²) < 4.78 is 0. The second-order valence-corrected chi connectivity index (χ2v) is 7.77. The van der Waals surface area contributed by atoms with Crippen molar-refractivity contribution in [2.75, 3.05) is 23.3 Å². The molecule has 31 heavy (non-hydrogen) atoms. The molecule has 0 atom stereocenters. The second kappa shape index (κ2) is 9.09. The Bertz CT molecular complexity index is 1060. The molecule has 1 N–H and O–H groups in total. The fourth-order valence-corrected chi connectivity index (χ4v) is 3.68. The van der Waals surface area contributed by atoms with Gasteiger partial charge in [-0.15, -0.1) is 10.2 Å². The number of hydrogen-bond acceptors (Lipinski definition) is 6. The van der Waals surface area contributed by atoms with E-state index in [0.29, 0.717) is 36.6 Å². The summed E-state index contributed by atoms with van der Waals surface area (Å²) in [6, 6.07) is 17.2. The van der Waals surface area contributed by atoms with Crippen LogP contribution in [0.5, 0.6) is 0 Å². The summed E-state index contributed by atoms with van der Waals surface area (Å²) in [5, 5.41) is 22.9. The monoisotopic (exact) mass is 437 g/mol. The van der Waals surface area contributed by atoms with E-state index in [1.54, 1.807) is 12.1 Å². The summed E-state index contributed by atoms with van der Waals surface area (Å²) in [7, 11) is 0. The molecule has 1 fully saturated rings. The molecule has 2 aromatic carbocycles. The van der Waals surface area contributed by atoms with E-state index in [1.807, 2.05) is 36.4 Å². The summed E-state index contributed by atoms with van der Waals surface area (Å²) in [5.74, 6) is 0.595. The van der Waals surface area contributed by atoms with Gasteiger partial charge < -0.3 is 10.2 Å². The summed E-state index contributed by atoms with van der Waals surface area (Å²) >= 11 is 5.93. The maximum atomic E-state index is 12.6. The zero-order valence-corrected chi connectivity index (χ0v) is 17.3. The van der Waals surface area contributed by atoms with Gasteiger partial charge in [-0.3, -0.25) is 14.9 Å². The van der Waals surface area contributed by atoms with Gasteiger partial charge >= 0.3 is 0 Å². The van der Waals surface area contributed by atoms with E-state index >= 15 is 0 Å². The number of halogens is 1. The number of piperidine rings is 1. The number of nitrogens with zero attached hydrogens (tertiary/aromatic N) is 4. The number of anilines is 2. The highest BCUT2D eigenvalue weighted by Gasteiger charge is 2.26. The normalized spacial score (nSPS) is 14.3. The third-order valence-corrected chi connectivity index (χ3v) is 5.58. The topological polar surface area (TPSA) is 101 Å². The number of benzene rings is 2. The lowest BCUT2D eigenvalue weighted by molar-refractivity contribution is -0.384. The minimum Gasteiger partial charge on any atom is -0.355 e. The van der Waals surface area contributed by atoms with Crippen LogP contribution < -0.4 is 10.2 Å². The highest BCUT2D eigenvalue weighted by atomic mass is 35.5. The van der Waals surface area contributed by atoms with Crippen LogP contribution >= 0.6 is 11.6 Å². The van der Waals surface area contributed by atoms with Crippen LogP contribution in [0.15, 0.2) is 60.7 Å². The molecule has 1 aliphatic rings. The molecule has 2 heterocycles. The molecule has 3 aromatic rings. The Hall–Kier alpha value is -3.52. The number of aromatic nitrogens is 2. The van der Waals surface area contributed by atoms with Crippen LogP contribution in [-0.4, -0.2) is 34.1 Å². The number of non-ortho nitro benzene ring substituents is 1. The number of nitrogens with one attached hydrogen (secondary N) is 1. The first-order chi connectivity index (χ1) is 15.0. The fourth-order valence-electron chi connectivity index (χ4n) is 3.55. The summed E-state index contributed by atoms with van der Waals surface area (Å²) in [5.41, 5.74) is 2.28. The Balaban J connectivity index is 1.32. The van der Waals surface area contributed by atoms with Crippen LogP contribution in [0.3, 0.4) is 0 Å². The van der Waals surface area contributed by atoms with Crippen molar-refractivity contribution in [2.24, 2.45) is 5.92 Å². The van der Waals surface area contributed by atoms with Gasteiger partial charge in [-0.05, 0) is 49.2 Å². The molecular weight excluding hydrogens is 418 g/mol. The lowest BCUT2D eigenvalue weighted by Gasteiger charge is -2.31. The standard InChI is InChI=1S/C22H20ClN5O3/c23-17-3-1-15(2-4-17)20-9-10-21(26-25-20)27-13-11-16(12-14-27)22(29)24-18-5-7-19(8-6-18)28(30)31/h1-10,16H,11-14H2,(H,24,29). The molecule has 158 valence electrons. The van der Waals surface area contributed by atoms with Gasteiger partial charge in [0.1, 0.15) is 0 Å². The van der Waals surface area contributed by atoms with Gasteiger partial charge in [-0.2, -0.15) is 0 Å². The van der Waals surface area contributed by atoms with Crippen molar-refractivity contribution in [2.45, 2.75) is 12.8 Å². The quantitative estimate of drug-likeness (QED) is 0.463. The molecule has 1 saturated heterocycles. The maximum Gasteiger partial charge on any atom is 0.269 e. The van der Waals surface area contributed by atoms with Crippen LogP contribution in [0.25, 0.3) is 11.3 Å². The molecule has 4 rings (SSSR count). The molecule has 0 saturated carbocycles. The van der Waals surface area contributed by atoms with Crippen molar-refractivity contribution in [3.05, 3.63) is 75.8 Å². The third kappa shape index (κ3) is 4.97. The van der Waals surface area contributed by atoms with Crippen LogP contribution in [0.4, 0.5) is 17.2 Å². The molecule has 8 nitrogen and oxygen atoms in total. The van der Waals surface area contributed by atoms with Crippen LogP contribution in [0.1, 0.15) is 12.8 Å². The van der Waals surface area contributed by atoms with Crippen molar-refractivity contribution >= 4 is 34.7 Å². The molecule has 1 amide bonds. The predicted molar refractivity (Wildman–Crippen MR) is 119 cm³/mol. The Labute approximate surface area is 184 Å². The first-order valence-corrected chi connectivity index (χ1v) is 10.3. The zero-order valence-electron chi connectivity index (χ0n) is 16.6. The van der Waals surface area contributed by atoms with Gasteiger partial charge in [0.05, 0.1) is 10.6 Å². The van der Waals surface area contributed by atoms with Crippen molar-refractivity contribution in [3.63, 3.8) is 0 Å². The van der Waals surface area contributed by atoms with Gasteiger partial charge in [0.2, 0.25) is 5.91 Å². The van der Waals surface area contributed by atoms with Gasteiger partial charge in [0, 0.05) is 47.4 Å². The van der Waals surface area contributed by atoms with E-state index in [-0.39, 0.29) is 17.5 Å². The molecule has 1 aromatic heterocycles. The van der Waals surface area contributed by atoms with Crippen LogP contribution in [0.2, 0.25) is 5.02 Å². The highest BCUT2D eigenvalue weighted by molar-refractivity contribution is 6.30. The van der Waals surface area contributed by atoms with Crippen LogP contribution in [-0.2, 0) is 4.79 Å². The smallest absolute Gasteiger partial charge is 0.269 e. The molecule has 0 unspecified atom stereocenters. The maximum absolute atomic E-state index is 12.6. The summed E-state index contributed by atoms with van der Waals surface area (Å²) in [6.45, 7) is 1.40. The number of carbonyl (C=O) groups excluding carboxylic acids is 1. The number of nitro groups is 1. The van der Waals surface area contributed by atoms with Crippen molar-refractivity contribution in [1.82, 2.24) is 10.2 Å². The third-order valence-electron chi connectivity index (χ3n) is 5.33. The molecule has 9 heteroatoms. The van der Waals surface area contributed by atoms with Gasteiger partial charge in [0.15, 0.2) is 5.82 Å². The van der Waals surface area contributed by atoms with Gasteiger partial charge in [-0.25, -0.2) is 0 Å². The first kappa shape index (κ1) is 20.7.